The van der Waals surface area contributed by atoms with Crippen molar-refractivity contribution >= 4 is 58.1 Å². The molecule has 1 aromatic heterocycles. The van der Waals surface area contributed by atoms with E-state index in [1.54, 1.807) is 56.0 Å². The van der Waals surface area contributed by atoms with Gasteiger partial charge in [0.1, 0.15) is 18.2 Å². The third-order valence-electron chi connectivity index (χ3n) is 5.26. The Morgan fingerprint density at radius 1 is 1.22 bits per heavy atom. The number of amides is 4. The quantitative estimate of drug-likeness (QED) is 0.460. The molecule has 200 valence electrons. The van der Waals surface area contributed by atoms with E-state index in [2.05, 4.69) is 16.0 Å². The van der Waals surface area contributed by atoms with E-state index in [-0.39, 0.29) is 25.5 Å². The number of morpholine rings is 1. The van der Waals surface area contributed by atoms with Crippen molar-refractivity contribution in [3.63, 3.8) is 0 Å². The van der Waals surface area contributed by atoms with Crippen molar-refractivity contribution in [1.82, 2.24) is 10.6 Å². The Kier molecular flexibility index (Phi) is 9.52. The molecule has 2 aromatic rings. The molecule has 1 aliphatic heterocycles. The molecule has 0 aliphatic carbocycles. The van der Waals surface area contributed by atoms with E-state index in [0.717, 1.165) is 22.6 Å². The number of benzene rings is 1. The zero-order valence-electron chi connectivity index (χ0n) is 21.2. The molecule has 0 saturated carbocycles. The van der Waals surface area contributed by atoms with Crippen LogP contribution >= 0.6 is 22.9 Å². The molecule has 0 unspecified atom stereocenters. The number of ether oxygens (including phenoxy) is 2. The minimum absolute atomic E-state index is 0.0338. The van der Waals surface area contributed by atoms with Gasteiger partial charge in [-0.1, -0.05) is 11.6 Å². The Morgan fingerprint density at radius 2 is 1.97 bits per heavy atom. The van der Waals surface area contributed by atoms with Crippen molar-refractivity contribution in [2.45, 2.75) is 45.8 Å². The van der Waals surface area contributed by atoms with Gasteiger partial charge in [0.2, 0.25) is 5.91 Å². The number of nitrogens with zero attached hydrogens (tertiary/aromatic N) is 1. The van der Waals surface area contributed by atoms with Crippen molar-refractivity contribution in [3.8, 4) is 0 Å². The van der Waals surface area contributed by atoms with Crippen LogP contribution in [0.25, 0.3) is 0 Å². The highest BCUT2D eigenvalue weighted by molar-refractivity contribution is 7.18. The smallest absolute Gasteiger partial charge is 0.407 e. The Labute approximate surface area is 224 Å². The number of nitrogens with one attached hydrogen (secondary N) is 3. The second kappa shape index (κ2) is 12.4. The van der Waals surface area contributed by atoms with Gasteiger partial charge in [0.25, 0.3) is 11.8 Å². The fourth-order valence-corrected chi connectivity index (χ4v) is 4.55. The highest BCUT2D eigenvalue weighted by Crippen LogP contribution is 2.25. The molecule has 2 heterocycles. The summed E-state index contributed by atoms with van der Waals surface area (Å²) in [7, 11) is 0. The van der Waals surface area contributed by atoms with Gasteiger partial charge in [0.15, 0.2) is 0 Å². The van der Waals surface area contributed by atoms with Crippen LogP contribution < -0.4 is 20.9 Å². The zero-order chi connectivity index (χ0) is 27.2. The van der Waals surface area contributed by atoms with Gasteiger partial charge >= 0.3 is 6.09 Å². The van der Waals surface area contributed by atoms with E-state index in [4.69, 9.17) is 21.1 Å². The molecular formula is C25H31ClN4O6S. The molecule has 3 N–H and O–H groups in total. The van der Waals surface area contributed by atoms with Crippen LogP contribution in [0.3, 0.4) is 0 Å². The van der Waals surface area contributed by atoms with Crippen molar-refractivity contribution in [2.24, 2.45) is 0 Å². The fourth-order valence-electron chi connectivity index (χ4n) is 3.61. The van der Waals surface area contributed by atoms with Crippen molar-refractivity contribution in [1.29, 1.82) is 0 Å². The van der Waals surface area contributed by atoms with Gasteiger partial charge in [-0.05, 0) is 70.0 Å². The normalized spacial score (nSPS) is 14.6. The summed E-state index contributed by atoms with van der Waals surface area (Å²) in [5.41, 5.74) is 1.38. The molecule has 1 aliphatic rings. The lowest BCUT2D eigenvalue weighted by Gasteiger charge is -2.28. The van der Waals surface area contributed by atoms with E-state index in [1.165, 1.54) is 0 Å². The maximum absolute atomic E-state index is 13.2. The molecule has 1 aromatic carbocycles. The maximum Gasteiger partial charge on any atom is 0.407 e. The monoisotopic (exact) mass is 550 g/mol. The molecule has 10 nitrogen and oxygen atoms in total. The number of anilines is 2. The molecule has 1 saturated heterocycles. The summed E-state index contributed by atoms with van der Waals surface area (Å²) < 4.78 is 10.9. The van der Waals surface area contributed by atoms with Crippen LogP contribution in [-0.4, -0.2) is 61.8 Å². The first-order chi connectivity index (χ1) is 17.4. The molecule has 3 rings (SSSR count). The molecule has 1 atom stereocenters. The summed E-state index contributed by atoms with van der Waals surface area (Å²) in [5, 5.41) is 8.13. The predicted octanol–water partition coefficient (Wildman–Crippen LogP) is 3.73. The van der Waals surface area contributed by atoms with Gasteiger partial charge in [-0.15, -0.1) is 11.3 Å². The van der Waals surface area contributed by atoms with Gasteiger partial charge < -0.3 is 30.3 Å². The Balaban J connectivity index is 1.69. The van der Waals surface area contributed by atoms with Gasteiger partial charge in [-0.3, -0.25) is 14.4 Å². The van der Waals surface area contributed by atoms with Gasteiger partial charge in [0.05, 0.1) is 15.8 Å². The topological polar surface area (TPSA) is 126 Å². The number of hydrogen-bond donors (Lipinski definition) is 3. The molecule has 0 bridgehead atoms. The second-order valence-electron chi connectivity index (χ2n) is 9.44. The Hall–Kier alpha value is -3.15. The third-order valence-corrected chi connectivity index (χ3v) is 6.49. The molecule has 4 amide bonds. The van der Waals surface area contributed by atoms with E-state index in [9.17, 15) is 19.2 Å². The van der Waals surface area contributed by atoms with Crippen LogP contribution in [0.4, 0.5) is 16.2 Å². The lowest BCUT2D eigenvalue weighted by Crippen LogP contribution is -2.46. The first-order valence-corrected chi connectivity index (χ1v) is 12.9. The van der Waals surface area contributed by atoms with Crippen LogP contribution in [0.15, 0.2) is 30.3 Å². The number of aryl methyl sites for hydroxylation is 1. The highest BCUT2D eigenvalue weighted by Gasteiger charge is 2.25. The van der Waals surface area contributed by atoms with E-state index >= 15 is 0 Å². The first kappa shape index (κ1) is 28.4. The van der Waals surface area contributed by atoms with Gasteiger partial charge in [0, 0.05) is 24.5 Å². The largest absolute Gasteiger partial charge is 0.444 e. The fraction of sp³-hybridized carbons (Fsp3) is 0.440. The number of carbonyl (C=O) groups is 4. The van der Waals surface area contributed by atoms with Crippen molar-refractivity contribution in [3.05, 3.63) is 45.1 Å². The maximum atomic E-state index is 13.2. The minimum atomic E-state index is -0.955. The van der Waals surface area contributed by atoms with Crippen LogP contribution in [-0.2, 0) is 19.1 Å². The molecule has 0 radical (unpaired) electrons. The first-order valence-electron chi connectivity index (χ1n) is 11.8. The molecule has 37 heavy (non-hydrogen) atoms. The van der Waals surface area contributed by atoms with E-state index in [1.807, 2.05) is 6.92 Å². The summed E-state index contributed by atoms with van der Waals surface area (Å²) in [6.45, 7) is 8.13. The number of halogens is 1. The van der Waals surface area contributed by atoms with E-state index in [0.29, 0.717) is 28.1 Å². The van der Waals surface area contributed by atoms with Crippen LogP contribution in [0.5, 0.6) is 0 Å². The predicted molar refractivity (Wildman–Crippen MR) is 142 cm³/mol. The van der Waals surface area contributed by atoms with Crippen LogP contribution in [0.1, 0.15) is 42.4 Å². The summed E-state index contributed by atoms with van der Waals surface area (Å²) >= 11 is 7.04. The number of thiophene rings is 1. The van der Waals surface area contributed by atoms with Crippen LogP contribution in [0.2, 0.25) is 4.34 Å². The average molecular weight is 551 g/mol. The summed E-state index contributed by atoms with van der Waals surface area (Å²) in [6, 6.07) is 7.44. The zero-order valence-corrected chi connectivity index (χ0v) is 22.8. The number of rotatable bonds is 8. The molecule has 0 spiro atoms. The molecular weight excluding hydrogens is 520 g/mol. The summed E-state index contributed by atoms with van der Waals surface area (Å²) in [5.74, 6) is -1.04. The lowest BCUT2D eigenvalue weighted by atomic mass is 10.1. The lowest BCUT2D eigenvalue weighted by molar-refractivity contribution is -0.125. The molecule has 1 fully saturated rings. The van der Waals surface area contributed by atoms with Crippen LogP contribution in [0, 0.1) is 6.92 Å². The second-order valence-corrected chi connectivity index (χ2v) is 11.2. The van der Waals surface area contributed by atoms with Crippen molar-refractivity contribution < 1.29 is 28.7 Å². The van der Waals surface area contributed by atoms with Crippen molar-refractivity contribution in [2.75, 3.05) is 36.5 Å². The van der Waals surface area contributed by atoms with Gasteiger partial charge in [-0.25, -0.2) is 4.79 Å². The summed E-state index contributed by atoms with van der Waals surface area (Å²) in [4.78, 5) is 52.1. The summed E-state index contributed by atoms with van der Waals surface area (Å²) in [6.07, 6.45) is -0.498. The molecule has 12 heteroatoms. The average Bonchev–Trinajstić information content (AvgIpc) is 3.24. The third kappa shape index (κ3) is 8.44. The SMILES string of the molecule is Cc1cc(NC(=O)[C@@H](CCNC(=O)OC(C)(C)C)NC(=O)c2ccc(Cl)s2)ccc1N1CCOCC1=O. The Morgan fingerprint density at radius 3 is 2.59 bits per heavy atom. The number of hydrogen-bond acceptors (Lipinski definition) is 7. The van der Waals surface area contributed by atoms with E-state index < -0.39 is 29.6 Å². The highest BCUT2D eigenvalue weighted by atomic mass is 35.5. The van der Waals surface area contributed by atoms with Gasteiger partial charge in [-0.2, -0.15) is 0 Å². The Bertz CT molecular complexity index is 1160. The number of alkyl carbamates (subject to hydrolysis) is 1. The number of carbonyl (C=O) groups excluding carboxylic acids is 4. The standard InChI is InChI=1S/C25H31ClN4O6S/c1-15-13-16(5-6-18(15)30-11-12-35-14-21(30)31)28-22(32)17(9-10-27-24(34)36-25(2,3)4)29-23(33)19-7-8-20(26)37-19/h5-8,13,17H,9-12,14H2,1-4H3,(H,27,34)(H,28,32)(H,29,33)/t17-/m1/s1. The minimum Gasteiger partial charge on any atom is -0.444 e.